The Morgan fingerprint density at radius 3 is 2.39 bits per heavy atom. The summed E-state index contributed by atoms with van der Waals surface area (Å²) in [7, 11) is 3.40. The highest BCUT2D eigenvalue weighted by Gasteiger charge is 2.28. The van der Waals surface area contributed by atoms with Gasteiger partial charge >= 0.3 is 0 Å². The average Bonchev–Trinajstić information content (AvgIpc) is 3.10. The molecular formula is C24H28N2O2. The molecule has 0 radical (unpaired) electrons. The second-order valence-corrected chi connectivity index (χ2v) is 7.43. The van der Waals surface area contributed by atoms with Crippen LogP contribution in [0.5, 0.6) is 11.5 Å². The molecule has 1 aliphatic rings. The number of benzene rings is 2. The number of nitrogens with zero attached hydrogens (tertiary/aromatic N) is 2. The largest absolute Gasteiger partial charge is 0.497 e. The number of ether oxygens (including phenoxy) is 2. The predicted molar refractivity (Wildman–Crippen MR) is 112 cm³/mol. The zero-order chi connectivity index (χ0) is 19.5. The Kier molecular flexibility index (Phi) is 5.40. The zero-order valence-corrected chi connectivity index (χ0v) is 16.9. The highest BCUT2D eigenvalue weighted by Crippen LogP contribution is 2.35. The molecule has 0 saturated carbocycles. The molecule has 2 aromatic carbocycles. The molecule has 1 unspecified atom stereocenters. The fourth-order valence-electron chi connectivity index (χ4n) is 4.25. The van der Waals surface area contributed by atoms with Gasteiger partial charge in [0.05, 0.1) is 20.3 Å². The van der Waals surface area contributed by atoms with E-state index in [0.717, 1.165) is 37.6 Å². The van der Waals surface area contributed by atoms with Crippen LogP contribution >= 0.6 is 0 Å². The number of aryl methyl sites for hydroxylation is 2. The maximum atomic E-state index is 5.48. The van der Waals surface area contributed by atoms with E-state index in [0.29, 0.717) is 0 Å². The third-order valence-corrected chi connectivity index (χ3v) is 5.63. The van der Waals surface area contributed by atoms with Crippen LogP contribution in [-0.2, 0) is 13.1 Å². The molecule has 4 nitrogen and oxygen atoms in total. The predicted octanol–water partition coefficient (Wildman–Crippen LogP) is 4.81. The summed E-state index contributed by atoms with van der Waals surface area (Å²) in [6.45, 7) is 5.15. The van der Waals surface area contributed by atoms with Crippen LogP contribution in [0.15, 0.2) is 60.8 Å². The summed E-state index contributed by atoms with van der Waals surface area (Å²) >= 11 is 0. The van der Waals surface area contributed by atoms with E-state index < -0.39 is 0 Å². The summed E-state index contributed by atoms with van der Waals surface area (Å²) in [5.41, 5.74) is 5.27. The second kappa shape index (κ2) is 8.11. The van der Waals surface area contributed by atoms with Crippen molar-refractivity contribution in [1.29, 1.82) is 0 Å². The lowest BCUT2D eigenvalue weighted by molar-refractivity contribution is 0.219. The third-order valence-electron chi connectivity index (χ3n) is 5.63. The van der Waals surface area contributed by atoms with Crippen LogP contribution < -0.4 is 9.47 Å². The van der Waals surface area contributed by atoms with Crippen molar-refractivity contribution in [2.24, 2.45) is 0 Å². The van der Waals surface area contributed by atoms with Gasteiger partial charge in [-0.25, -0.2) is 0 Å². The Morgan fingerprint density at radius 1 is 0.929 bits per heavy atom. The highest BCUT2D eigenvalue weighted by molar-refractivity contribution is 5.39. The van der Waals surface area contributed by atoms with E-state index in [2.05, 4.69) is 71.1 Å². The van der Waals surface area contributed by atoms with Gasteiger partial charge in [-0.3, -0.25) is 4.90 Å². The van der Waals surface area contributed by atoms with Crippen LogP contribution in [0, 0.1) is 6.92 Å². The van der Waals surface area contributed by atoms with E-state index in [1.54, 1.807) is 14.2 Å². The summed E-state index contributed by atoms with van der Waals surface area (Å²) in [6, 6.07) is 19.6. The minimum Gasteiger partial charge on any atom is -0.497 e. The molecule has 0 N–H and O–H groups in total. The third kappa shape index (κ3) is 3.65. The minimum atomic E-state index is 0.232. The molecule has 28 heavy (non-hydrogen) atoms. The molecule has 0 amide bonds. The van der Waals surface area contributed by atoms with Gasteiger partial charge in [-0.05, 0) is 54.3 Å². The highest BCUT2D eigenvalue weighted by atomic mass is 16.5. The quantitative estimate of drug-likeness (QED) is 0.639. The topological polar surface area (TPSA) is 26.6 Å². The first kappa shape index (κ1) is 18.6. The number of methoxy groups -OCH3 is 2. The van der Waals surface area contributed by atoms with Gasteiger partial charge in [0.25, 0.3) is 0 Å². The number of rotatable bonds is 5. The fourth-order valence-corrected chi connectivity index (χ4v) is 4.25. The molecule has 146 valence electrons. The molecule has 1 aromatic heterocycles. The van der Waals surface area contributed by atoms with Crippen molar-refractivity contribution < 1.29 is 9.47 Å². The molecule has 3 aromatic rings. The fraction of sp³-hybridized carbons (Fsp3) is 0.333. The molecule has 4 heteroatoms. The lowest BCUT2D eigenvalue weighted by Crippen LogP contribution is -2.30. The van der Waals surface area contributed by atoms with Gasteiger partial charge in [-0.2, -0.15) is 0 Å². The average molecular weight is 377 g/mol. The van der Waals surface area contributed by atoms with E-state index in [-0.39, 0.29) is 6.04 Å². The molecule has 2 heterocycles. The Bertz CT molecular complexity index is 925. The Hall–Kier alpha value is -2.72. The van der Waals surface area contributed by atoms with Crippen LogP contribution in [0.25, 0.3) is 0 Å². The lowest BCUT2D eigenvalue weighted by atomic mass is 9.96. The van der Waals surface area contributed by atoms with Crippen molar-refractivity contribution in [2.75, 3.05) is 20.8 Å². The van der Waals surface area contributed by atoms with Gasteiger partial charge < -0.3 is 14.0 Å². The summed E-state index contributed by atoms with van der Waals surface area (Å²) < 4.78 is 13.4. The van der Waals surface area contributed by atoms with Gasteiger partial charge in [0.2, 0.25) is 0 Å². The number of hydrogen-bond acceptors (Lipinski definition) is 3. The molecule has 4 rings (SSSR count). The number of aromatic nitrogens is 1. The van der Waals surface area contributed by atoms with Gasteiger partial charge in [0, 0.05) is 37.6 Å². The monoisotopic (exact) mass is 376 g/mol. The van der Waals surface area contributed by atoms with E-state index in [1.807, 2.05) is 6.07 Å². The lowest BCUT2D eigenvalue weighted by Gasteiger charge is -2.32. The zero-order valence-electron chi connectivity index (χ0n) is 16.9. The number of hydrogen-bond donors (Lipinski definition) is 0. The summed E-state index contributed by atoms with van der Waals surface area (Å²) in [6.07, 6.45) is 3.34. The first-order valence-electron chi connectivity index (χ1n) is 9.86. The van der Waals surface area contributed by atoms with Gasteiger partial charge in [-0.15, -0.1) is 0 Å². The Balaban J connectivity index is 1.75. The normalized spacial score (nSPS) is 17.0. The van der Waals surface area contributed by atoms with Crippen LogP contribution in [0.2, 0.25) is 0 Å². The number of fused-ring (bicyclic) bond motifs is 1. The summed E-state index contributed by atoms with van der Waals surface area (Å²) in [4.78, 5) is 2.58. The minimum absolute atomic E-state index is 0.232. The van der Waals surface area contributed by atoms with E-state index >= 15 is 0 Å². The Labute approximate surface area is 167 Å². The molecule has 0 aliphatic carbocycles. The van der Waals surface area contributed by atoms with Crippen molar-refractivity contribution >= 4 is 0 Å². The first-order valence-corrected chi connectivity index (χ1v) is 9.86. The van der Waals surface area contributed by atoms with Gasteiger partial charge in [0.1, 0.15) is 11.5 Å². The van der Waals surface area contributed by atoms with Crippen LogP contribution in [0.1, 0.15) is 34.8 Å². The van der Waals surface area contributed by atoms with Crippen molar-refractivity contribution in [2.45, 2.75) is 32.5 Å². The molecule has 0 fully saturated rings. The van der Waals surface area contributed by atoms with Crippen molar-refractivity contribution in [3.8, 4) is 11.5 Å². The SMILES string of the molecule is COc1cc(CN2CCCn3cccc3C2c2ccccc2C)cc(OC)c1. The Morgan fingerprint density at radius 2 is 1.68 bits per heavy atom. The van der Waals surface area contributed by atoms with E-state index in [9.17, 15) is 0 Å². The standard InChI is InChI=1S/C24H28N2O2/c1-18-8-4-5-9-22(18)24-23-10-6-11-25(23)12-7-13-26(24)17-19-14-20(27-2)16-21(15-19)28-3/h4-6,8-11,14-16,24H,7,12-13,17H2,1-3H3. The molecule has 1 atom stereocenters. The van der Waals surface area contributed by atoms with Crippen molar-refractivity contribution in [3.63, 3.8) is 0 Å². The maximum absolute atomic E-state index is 5.48. The maximum Gasteiger partial charge on any atom is 0.122 e. The van der Waals surface area contributed by atoms with Gasteiger partial charge in [-0.1, -0.05) is 24.3 Å². The smallest absolute Gasteiger partial charge is 0.122 e. The second-order valence-electron chi connectivity index (χ2n) is 7.43. The molecule has 0 spiro atoms. The first-order chi connectivity index (χ1) is 13.7. The van der Waals surface area contributed by atoms with Crippen LogP contribution in [0.3, 0.4) is 0 Å². The molecule has 1 aliphatic heterocycles. The van der Waals surface area contributed by atoms with E-state index in [1.165, 1.54) is 22.4 Å². The van der Waals surface area contributed by atoms with Crippen molar-refractivity contribution in [3.05, 3.63) is 83.2 Å². The van der Waals surface area contributed by atoms with Gasteiger partial charge in [0.15, 0.2) is 0 Å². The van der Waals surface area contributed by atoms with Crippen molar-refractivity contribution in [1.82, 2.24) is 9.47 Å². The summed E-state index contributed by atoms with van der Waals surface area (Å²) in [5.74, 6) is 1.67. The molecule has 0 bridgehead atoms. The summed E-state index contributed by atoms with van der Waals surface area (Å²) in [5, 5.41) is 0. The molecular weight excluding hydrogens is 348 g/mol. The molecule has 0 saturated heterocycles. The van der Waals surface area contributed by atoms with Crippen LogP contribution in [-0.4, -0.2) is 30.2 Å². The van der Waals surface area contributed by atoms with Crippen LogP contribution in [0.4, 0.5) is 0 Å². The van der Waals surface area contributed by atoms with E-state index in [4.69, 9.17) is 9.47 Å².